The van der Waals surface area contributed by atoms with Crippen molar-refractivity contribution in [2.24, 2.45) is 5.92 Å². The molecule has 2 N–H and O–H groups in total. The van der Waals surface area contributed by atoms with Crippen LogP contribution in [0.25, 0.3) is 0 Å². The number of carbonyl (C=O) groups is 2. The van der Waals surface area contributed by atoms with E-state index in [1.165, 1.54) is 0 Å². The molecule has 1 saturated carbocycles. The van der Waals surface area contributed by atoms with Crippen molar-refractivity contribution in [3.05, 3.63) is 11.7 Å². The summed E-state index contributed by atoms with van der Waals surface area (Å²) in [5.41, 5.74) is 0. The largest absolute Gasteiger partial charge is 0.480 e. The molecule has 1 aliphatic carbocycles. The zero-order chi connectivity index (χ0) is 14.7. The highest BCUT2D eigenvalue weighted by Crippen LogP contribution is 2.32. The second kappa shape index (κ2) is 6.02. The summed E-state index contributed by atoms with van der Waals surface area (Å²) in [6.07, 6.45) is 2.19. The number of aryl methyl sites for hydroxylation is 1. The number of rotatable bonds is 7. The Morgan fingerprint density at radius 3 is 2.65 bits per heavy atom. The first kappa shape index (κ1) is 14.5. The molecule has 1 aromatic rings. The maximum Gasteiger partial charge on any atom is 0.326 e. The Kier molecular flexibility index (Phi) is 4.36. The van der Waals surface area contributed by atoms with Crippen molar-refractivity contribution in [1.29, 1.82) is 0 Å². The van der Waals surface area contributed by atoms with E-state index < -0.39 is 12.0 Å². The van der Waals surface area contributed by atoms with Crippen molar-refractivity contribution < 1.29 is 19.2 Å². The molecule has 1 atom stereocenters. The summed E-state index contributed by atoms with van der Waals surface area (Å²) < 4.78 is 5.03. The second-order valence-corrected chi connectivity index (χ2v) is 5.42. The Bertz CT molecular complexity index is 494. The lowest BCUT2D eigenvalue weighted by atomic mass is 10.1. The van der Waals surface area contributed by atoms with E-state index in [0.717, 1.165) is 12.8 Å². The first-order valence-corrected chi connectivity index (χ1v) is 6.82. The molecule has 110 valence electrons. The fraction of sp³-hybridized carbons (Fsp3) is 0.692. The minimum absolute atomic E-state index is 0.0763. The van der Waals surface area contributed by atoms with Crippen LogP contribution in [0, 0.1) is 5.92 Å². The van der Waals surface area contributed by atoms with Crippen molar-refractivity contribution >= 4 is 11.9 Å². The number of amides is 1. The van der Waals surface area contributed by atoms with Crippen LogP contribution in [0.3, 0.4) is 0 Å². The summed E-state index contributed by atoms with van der Waals surface area (Å²) >= 11 is 0. The number of aromatic nitrogens is 2. The minimum atomic E-state index is -0.972. The van der Waals surface area contributed by atoms with Gasteiger partial charge in [0.05, 0.1) is 0 Å². The first-order chi connectivity index (χ1) is 9.47. The lowest BCUT2D eigenvalue weighted by molar-refractivity contribution is -0.142. The van der Waals surface area contributed by atoms with Gasteiger partial charge < -0.3 is 14.9 Å². The molecule has 1 fully saturated rings. The SMILES string of the molecule is CC(C)c1noc(CCC(=O)NC(C(=O)O)C2CC2)n1. The topological polar surface area (TPSA) is 105 Å². The molecule has 0 radical (unpaired) electrons. The molecule has 0 spiro atoms. The fourth-order valence-corrected chi connectivity index (χ4v) is 1.88. The van der Waals surface area contributed by atoms with Gasteiger partial charge in [-0.25, -0.2) is 4.79 Å². The summed E-state index contributed by atoms with van der Waals surface area (Å²) in [6.45, 7) is 3.91. The summed E-state index contributed by atoms with van der Waals surface area (Å²) in [6, 6.07) is -0.767. The number of carboxylic acids is 1. The Labute approximate surface area is 116 Å². The van der Waals surface area contributed by atoms with Gasteiger partial charge in [-0.2, -0.15) is 4.98 Å². The molecule has 0 aromatic carbocycles. The molecule has 0 aliphatic heterocycles. The summed E-state index contributed by atoms with van der Waals surface area (Å²) in [5, 5.41) is 15.4. The standard InChI is InChI=1S/C13H19N3O4/c1-7(2)12-15-10(20-16-12)6-5-9(17)14-11(13(18)19)8-3-4-8/h7-8,11H,3-6H2,1-2H3,(H,14,17)(H,18,19). The second-order valence-electron chi connectivity index (χ2n) is 5.42. The van der Waals surface area contributed by atoms with E-state index in [4.69, 9.17) is 9.63 Å². The average molecular weight is 281 g/mol. The predicted molar refractivity (Wildman–Crippen MR) is 69.0 cm³/mol. The van der Waals surface area contributed by atoms with Gasteiger partial charge in [0.1, 0.15) is 6.04 Å². The molecule has 7 nitrogen and oxygen atoms in total. The number of hydrogen-bond acceptors (Lipinski definition) is 5. The third-order valence-electron chi connectivity index (χ3n) is 3.24. The minimum Gasteiger partial charge on any atom is -0.480 e. The molecular weight excluding hydrogens is 262 g/mol. The highest BCUT2D eigenvalue weighted by Gasteiger charge is 2.37. The molecule has 1 heterocycles. The van der Waals surface area contributed by atoms with Crippen molar-refractivity contribution in [1.82, 2.24) is 15.5 Å². The number of nitrogens with zero attached hydrogens (tertiary/aromatic N) is 2. The van der Waals surface area contributed by atoms with E-state index in [0.29, 0.717) is 18.1 Å². The highest BCUT2D eigenvalue weighted by molar-refractivity contribution is 5.84. The summed E-state index contributed by atoms with van der Waals surface area (Å²) in [7, 11) is 0. The number of hydrogen-bond donors (Lipinski definition) is 2. The van der Waals surface area contributed by atoms with Gasteiger partial charge in [0, 0.05) is 18.8 Å². The van der Waals surface area contributed by atoms with Gasteiger partial charge in [-0.05, 0) is 18.8 Å². The Hall–Kier alpha value is -1.92. The molecule has 0 saturated heterocycles. The first-order valence-electron chi connectivity index (χ1n) is 6.82. The van der Waals surface area contributed by atoms with Crippen LogP contribution in [0.1, 0.15) is 50.7 Å². The third kappa shape index (κ3) is 3.79. The van der Waals surface area contributed by atoms with Gasteiger partial charge in [0.15, 0.2) is 5.82 Å². The molecule has 1 amide bonds. The normalized spacial score (nSPS) is 16.1. The number of carboxylic acid groups (broad SMARTS) is 1. The molecule has 0 bridgehead atoms. The van der Waals surface area contributed by atoms with Gasteiger partial charge in [0.2, 0.25) is 11.8 Å². The predicted octanol–water partition coefficient (Wildman–Crippen LogP) is 1.10. The van der Waals surface area contributed by atoms with Crippen LogP contribution in [0.5, 0.6) is 0 Å². The fourth-order valence-electron chi connectivity index (χ4n) is 1.88. The van der Waals surface area contributed by atoms with E-state index in [2.05, 4.69) is 15.5 Å². The summed E-state index contributed by atoms with van der Waals surface area (Å²) in [4.78, 5) is 26.9. The van der Waals surface area contributed by atoms with Crippen molar-refractivity contribution in [2.75, 3.05) is 0 Å². The van der Waals surface area contributed by atoms with Crippen LogP contribution >= 0.6 is 0 Å². The number of carbonyl (C=O) groups excluding carboxylic acids is 1. The maximum atomic E-state index is 11.7. The molecule has 1 unspecified atom stereocenters. The van der Waals surface area contributed by atoms with E-state index in [1.54, 1.807) is 0 Å². The highest BCUT2D eigenvalue weighted by atomic mass is 16.5. The zero-order valence-corrected chi connectivity index (χ0v) is 11.6. The van der Waals surface area contributed by atoms with Gasteiger partial charge in [-0.3, -0.25) is 4.79 Å². The molecule has 1 aromatic heterocycles. The molecule has 7 heteroatoms. The molecular formula is C13H19N3O4. The average Bonchev–Trinajstić information content (AvgIpc) is 3.10. The zero-order valence-electron chi connectivity index (χ0n) is 11.6. The Morgan fingerprint density at radius 1 is 1.45 bits per heavy atom. The van der Waals surface area contributed by atoms with Gasteiger partial charge in [-0.15, -0.1) is 0 Å². The van der Waals surface area contributed by atoms with Crippen LogP contribution in [-0.2, 0) is 16.0 Å². The number of nitrogens with one attached hydrogen (secondary N) is 1. The van der Waals surface area contributed by atoms with Crippen LogP contribution < -0.4 is 5.32 Å². The van der Waals surface area contributed by atoms with Crippen LogP contribution in [0.2, 0.25) is 0 Å². The Morgan fingerprint density at radius 2 is 2.15 bits per heavy atom. The Balaban J connectivity index is 1.80. The lowest BCUT2D eigenvalue weighted by Crippen LogP contribution is -2.42. The van der Waals surface area contributed by atoms with E-state index in [9.17, 15) is 9.59 Å². The van der Waals surface area contributed by atoms with Crippen molar-refractivity contribution in [3.63, 3.8) is 0 Å². The van der Waals surface area contributed by atoms with Crippen LogP contribution in [0.15, 0.2) is 4.52 Å². The van der Waals surface area contributed by atoms with Gasteiger partial charge in [0.25, 0.3) is 0 Å². The van der Waals surface area contributed by atoms with Crippen LogP contribution in [0.4, 0.5) is 0 Å². The smallest absolute Gasteiger partial charge is 0.326 e. The van der Waals surface area contributed by atoms with Gasteiger partial charge in [-0.1, -0.05) is 19.0 Å². The molecule has 20 heavy (non-hydrogen) atoms. The molecule has 1 aliphatic rings. The van der Waals surface area contributed by atoms with E-state index in [1.807, 2.05) is 13.8 Å². The van der Waals surface area contributed by atoms with E-state index in [-0.39, 0.29) is 24.2 Å². The van der Waals surface area contributed by atoms with Gasteiger partial charge >= 0.3 is 5.97 Å². The monoisotopic (exact) mass is 281 g/mol. The number of aliphatic carboxylic acids is 1. The van der Waals surface area contributed by atoms with E-state index >= 15 is 0 Å². The van der Waals surface area contributed by atoms with Crippen molar-refractivity contribution in [2.45, 2.75) is 51.5 Å². The lowest BCUT2D eigenvalue weighted by Gasteiger charge is -2.12. The maximum absolute atomic E-state index is 11.7. The molecule has 2 rings (SSSR count). The van der Waals surface area contributed by atoms with Crippen molar-refractivity contribution in [3.8, 4) is 0 Å². The summed E-state index contributed by atoms with van der Waals surface area (Å²) in [5.74, 6) is -0.00161. The quantitative estimate of drug-likeness (QED) is 0.775. The third-order valence-corrected chi connectivity index (χ3v) is 3.24. The van der Waals surface area contributed by atoms with Crippen LogP contribution in [-0.4, -0.2) is 33.2 Å².